The Bertz CT molecular complexity index is 517. The second kappa shape index (κ2) is 6.03. The minimum Gasteiger partial charge on any atom is -0.353 e. The maximum Gasteiger partial charge on any atom is 0.147 e. The van der Waals surface area contributed by atoms with Crippen molar-refractivity contribution in [3.05, 3.63) is 52.9 Å². The van der Waals surface area contributed by atoms with E-state index < -0.39 is 0 Å². The summed E-state index contributed by atoms with van der Waals surface area (Å²) >= 11 is 11.9. The second-order valence-corrected chi connectivity index (χ2v) is 4.63. The predicted molar refractivity (Wildman–Crippen MR) is 75.1 cm³/mol. The molecule has 3 nitrogen and oxygen atoms in total. The molecule has 0 spiro atoms. The maximum atomic E-state index is 6.19. The van der Waals surface area contributed by atoms with Crippen molar-refractivity contribution in [1.29, 1.82) is 0 Å². The van der Waals surface area contributed by atoms with Crippen molar-refractivity contribution in [3.8, 4) is 0 Å². The Labute approximate surface area is 116 Å². The third-order valence-corrected chi connectivity index (χ3v) is 3.11. The highest BCUT2D eigenvalue weighted by Crippen LogP contribution is 2.24. The number of anilines is 1. The molecule has 2 aromatic heterocycles. The minimum atomic E-state index is 0.414. The molecule has 0 bridgehead atoms. The molecule has 18 heavy (non-hydrogen) atoms. The highest BCUT2D eigenvalue weighted by molar-refractivity contribution is 6.33. The number of pyridine rings is 2. The molecule has 0 atom stereocenters. The van der Waals surface area contributed by atoms with Gasteiger partial charge in [0.05, 0.1) is 17.3 Å². The SMILES string of the molecule is CN(Cc1ccccn1)c1ncc(CCl)cc1Cl. The number of hydrogen-bond acceptors (Lipinski definition) is 3. The predicted octanol–water partition coefficient (Wildman–Crippen LogP) is 3.51. The Morgan fingerprint density at radius 1 is 1.28 bits per heavy atom. The molecular weight excluding hydrogens is 269 g/mol. The molecule has 0 N–H and O–H groups in total. The molecule has 0 aromatic carbocycles. The van der Waals surface area contributed by atoms with Crippen LogP contribution in [0.2, 0.25) is 5.02 Å². The van der Waals surface area contributed by atoms with Crippen LogP contribution in [-0.4, -0.2) is 17.0 Å². The van der Waals surface area contributed by atoms with E-state index in [0.29, 0.717) is 17.4 Å². The number of halogens is 2. The fourth-order valence-corrected chi connectivity index (χ4v) is 2.11. The standard InChI is InChI=1S/C13H13Cl2N3/c1-18(9-11-4-2-3-5-16-11)13-12(15)6-10(7-14)8-17-13/h2-6,8H,7,9H2,1H3. The lowest BCUT2D eigenvalue weighted by molar-refractivity contribution is 0.865. The number of aromatic nitrogens is 2. The van der Waals surface area contributed by atoms with Crippen LogP contribution in [0.4, 0.5) is 5.82 Å². The molecule has 2 rings (SSSR count). The molecular formula is C13H13Cl2N3. The third-order valence-electron chi connectivity index (χ3n) is 2.52. The van der Waals surface area contributed by atoms with Gasteiger partial charge in [0.15, 0.2) is 0 Å². The fourth-order valence-electron chi connectivity index (χ4n) is 1.63. The molecule has 0 aliphatic heterocycles. The lowest BCUT2D eigenvalue weighted by Crippen LogP contribution is -2.18. The van der Waals surface area contributed by atoms with Crippen LogP contribution in [0.1, 0.15) is 11.3 Å². The van der Waals surface area contributed by atoms with Gasteiger partial charge in [-0.3, -0.25) is 4.98 Å². The van der Waals surface area contributed by atoms with E-state index >= 15 is 0 Å². The lowest BCUT2D eigenvalue weighted by Gasteiger charge is -2.19. The zero-order chi connectivity index (χ0) is 13.0. The van der Waals surface area contributed by atoms with Gasteiger partial charge in [-0.15, -0.1) is 11.6 Å². The Hall–Kier alpha value is -1.32. The molecule has 0 radical (unpaired) electrons. The number of hydrogen-bond donors (Lipinski definition) is 0. The van der Waals surface area contributed by atoms with Gasteiger partial charge >= 0.3 is 0 Å². The first-order valence-corrected chi connectivity index (χ1v) is 6.43. The van der Waals surface area contributed by atoms with Gasteiger partial charge < -0.3 is 4.90 Å². The summed E-state index contributed by atoms with van der Waals surface area (Å²) in [5.41, 5.74) is 1.89. The first kappa shape index (κ1) is 13.1. The normalized spacial score (nSPS) is 10.4. The quantitative estimate of drug-likeness (QED) is 0.804. The van der Waals surface area contributed by atoms with Crippen LogP contribution in [0, 0.1) is 0 Å². The molecule has 2 heterocycles. The Morgan fingerprint density at radius 2 is 2.11 bits per heavy atom. The summed E-state index contributed by atoms with van der Waals surface area (Å²) in [6.45, 7) is 0.660. The van der Waals surface area contributed by atoms with E-state index in [-0.39, 0.29) is 0 Å². The minimum absolute atomic E-state index is 0.414. The Kier molecular flexibility index (Phi) is 4.39. The van der Waals surface area contributed by atoms with Crippen molar-refractivity contribution in [3.63, 3.8) is 0 Å². The van der Waals surface area contributed by atoms with E-state index in [1.807, 2.05) is 36.2 Å². The maximum absolute atomic E-state index is 6.19. The largest absolute Gasteiger partial charge is 0.353 e. The monoisotopic (exact) mass is 281 g/mol. The van der Waals surface area contributed by atoms with Crippen molar-refractivity contribution in [2.45, 2.75) is 12.4 Å². The van der Waals surface area contributed by atoms with E-state index in [1.54, 1.807) is 12.4 Å². The molecule has 94 valence electrons. The zero-order valence-corrected chi connectivity index (χ0v) is 11.5. The van der Waals surface area contributed by atoms with E-state index in [4.69, 9.17) is 23.2 Å². The van der Waals surface area contributed by atoms with Gasteiger partial charge in [0.2, 0.25) is 0 Å². The smallest absolute Gasteiger partial charge is 0.147 e. The van der Waals surface area contributed by atoms with Gasteiger partial charge in [0.25, 0.3) is 0 Å². The van der Waals surface area contributed by atoms with Crippen LogP contribution >= 0.6 is 23.2 Å². The van der Waals surface area contributed by atoms with E-state index in [0.717, 1.165) is 17.1 Å². The molecule has 0 aliphatic carbocycles. The van der Waals surface area contributed by atoms with Crippen LogP contribution in [0.3, 0.4) is 0 Å². The molecule has 2 aromatic rings. The first-order chi connectivity index (χ1) is 8.70. The molecule has 5 heteroatoms. The zero-order valence-electron chi connectivity index (χ0n) is 9.98. The van der Waals surface area contributed by atoms with E-state index in [2.05, 4.69) is 9.97 Å². The van der Waals surface area contributed by atoms with Gasteiger partial charge in [-0.25, -0.2) is 4.98 Å². The average molecular weight is 282 g/mol. The summed E-state index contributed by atoms with van der Waals surface area (Å²) in [6, 6.07) is 7.66. The van der Waals surface area contributed by atoms with Crippen LogP contribution in [0.5, 0.6) is 0 Å². The Balaban J connectivity index is 2.16. The molecule has 0 saturated heterocycles. The second-order valence-electron chi connectivity index (χ2n) is 3.96. The number of rotatable bonds is 4. The van der Waals surface area contributed by atoms with Crippen molar-refractivity contribution in [2.75, 3.05) is 11.9 Å². The molecule has 0 saturated carbocycles. The molecule has 0 unspecified atom stereocenters. The lowest BCUT2D eigenvalue weighted by atomic mass is 10.3. The van der Waals surface area contributed by atoms with Gasteiger partial charge in [-0.05, 0) is 23.8 Å². The van der Waals surface area contributed by atoms with Crippen LogP contribution in [0.25, 0.3) is 0 Å². The molecule has 0 aliphatic rings. The van der Waals surface area contributed by atoms with Crippen molar-refractivity contribution < 1.29 is 0 Å². The van der Waals surface area contributed by atoms with Crippen LogP contribution in [-0.2, 0) is 12.4 Å². The average Bonchev–Trinajstić information content (AvgIpc) is 2.39. The van der Waals surface area contributed by atoms with E-state index in [1.165, 1.54) is 0 Å². The van der Waals surface area contributed by atoms with Crippen LogP contribution < -0.4 is 4.90 Å². The van der Waals surface area contributed by atoms with Gasteiger partial charge in [0, 0.05) is 25.3 Å². The topological polar surface area (TPSA) is 29.0 Å². The summed E-state index contributed by atoms with van der Waals surface area (Å²) in [5, 5.41) is 0.603. The number of alkyl halides is 1. The van der Waals surface area contributed by atoms with Gasteiger partial charge in [0.1, 0.15) is 5.82 Å². The highest BCUT2D eigenvalue weighted by Gasteiger charge is 2.09. The first-order valence-electron chi connectivity index (χ1n) is 5.52. The molecule has 0 amide bonds. The van der Waals surface area contributed by atoms with Crippen molar-refractivity contribution in [1.82, 2.24) is 9.97 Å². The number of nitrogens with zero attached hydrogens (tertiary/aromatic N) is 3. The Morgan fingerprint density at radius 3 is 2.72 bits per heavy atom. The third kappa shape index (κ3) is 3.12. The summed E-state index contributed by atoms with van der Waals surface area (Å²) in [5.74, 6) is 1.15. The van der Waals surface area contributed by atoms with E-state index in [9.17, 15) is 0 Å². The summed E-state index contributed by atoms with van der Waals surface area (Å²) in [6.07, 6.45) is 3.51. The fraction of sp³-hybridized carbons (Fsp3) is 0.231. The van der Waals surface area contributed by atoms with Crippen molar-refractivity contribution in [2.24, 2.45) is 0 Å². The van der Waals surface area contributed by atoms with Gasteiger partial charge in [-0.1, -0.05) is 17.7 Å². The molecule has 0 fully saturated rings. The summed E-state index contributed by atoms with van der Waals surface area (Å²) in [4.78, 5) is 10.6. The summed E-state index contributed by atoms with van der Waals surface area (Å²) in [7, 11) is 1.93. The van der Waals surface area contributed by atoms with Crippen LogP contribution in [0.15, 0.2) is 36.7 Å². The van der Waals surface area contributed by atoms with Crippen molar-refractivity contribution >= 4 is 29.0 Å². The summed E-state index contributed by atoms with van der Waals surface area (Å²) < 4.78 is 0. The highest BCUT2D eigenvalue weighted by atomic mass is 35.5. The van der Waals surface area contributed by atoms with Gasteiger partial charge in [-0.2, -0.15) is 0 Å².